The first-order valence-electron chi connectivity index (χ1n) is 6.41. The van der Waals surface area contributed by atoms with E-state index in [-0.39, 0.29) is 0 Å². The van der Waals surface area contributed by atoms with Crippen LogP contribution < -0.4 is 4.74 Å². The van der Waals surface area contributed by atoms with Gasteiger partial charge in [-0.05, 0) is 36.4 Å². The minimum absolute atomic E-state index is 0.341. The van der Waals surface area contributed by atoms with Gasteiger partial charge in [0.15, 0.2) is 0 Å². The third-order valence-corrected chi connectivity index (χ3v) is 3.50. The van der Waals surface area contributed by atoms with Crippen LogP contribution in [0.15, 0.2) is 42.5 Å². The van der Waals surface area contributed by atoms with E-state index >= 15 is 0 Å². The summed E-state index contributed by atoms with van der Waals surface area (Å²) in [6.07, 6.45) is 0. The highest BCUT2D eigenvalue weighted by atomic mass is 35.5. The van der Waals surface area contributed by atoms with Crippen molar-refractivity contribution < 1.29 is 4.74 Å². The van der Waals surface area contributed by atoms with Gasteiger partial charge in [0.2, 0.25) is 0 Å². The zero-order chi connectivity index (χ0) is 14.8. The van der Waals surface area contributed by atoms with Gasteiger partial charge in [-0.3, -0.25) is 0 Å². The molecule has 0 aliphatic heterocycles. The van der Waals surface area contributed by atoms with Crippen LogP contribution in [-0.2, 0) is 13.7 Å². The Morgan fingerprint density at radius 3 is 2.90 bits per heavy atom. The van der Waals surface area contributed by atoms with Crippen LogP contribution in [0.25, 0.3) is 11.0 Å². The van der Waals surface area contributed by atoms with Crippen LogP contribution in [0.2, 0.25) is 5.02 Å². The number of rotatable bonds is 3. The van der Waals surface area contributed by atoms with Crippen molar-refractivity contribution in [1.82, 2.24) is 9.55 Å². The number of imidazole rings is 1. The number of ether oxygens (including phenoxy) is 1. The fourth-order valence-corrected chi connectivity index (χ4v) is 2.33. The summed E-state index contributed by atoms with van der Waals surface area (Å²) in [6.45, 7) is 0.341. The molecule has 104 valence electrons. The van der Waals surface area contributed by atoms with Crippen molar-refractivity contribution in [3.8, 4) is 11.8 Å². The molecule has 1 heterocycles. The van der Waals surface area contributed by atoms with Gasteiger partial charge in [-0.25, -0.2) is 4.98 Å². The molecule has 0 amide bonds. The van der Waals surface area contributed by atoms with Gasteiger partial charge in [-0.1, -0.05) is 17.7 Å². The molecule has 21 heavy (non-hydrogen) atoms. The molecule has 0 unspecified atom stereocenters. The molecule has 0 N–H and O–H groups in total. The van der Waals surface area contributed by atoms with Gasteiger partial charge >= 0.3 is 0 Å². The largest absolute Gasteiger partial charge is 0.486 e. The molecule has 5 heteroatoms. The number of benzene rings is 2. The van der Waals surface area contributed by atoms with Gasteiger partial charge in [0.1, 0.15) is 18.2 Å². The van der Waals surface area contributed by atoms with Crippen molar-refractivity contribution in [2.75, 3.05) is 0 Å². The molecule has 0 atom stereocenters. The highest BCUT2D eigenvalue weighted by Crippen LogP contribution is 2.20. The molecule has 0 saturated heterocycles. The third kappa shape index (κ3) is 2.69. The average Bonchev–Trinajstić information content (AvgIpc) is 2.81. The standard InChI is InChI=1S/C16H12ClN3O/c1-20-15-6-5-11(9-18)7-14(15)19-16(20)10-21-13-4-2-3-12(17)8-13/h2-8H,10H2,1H3. The van der Waals surface area contributed by atoms with E-state index in [1.54, 1.807) is 24.3 Å². The predicted molar refractivity (Wildman–Crippen MR) is 81.2 cm³/mol. The SMILES string of the molecule is Cn1c(COc2cccc(Cl)c2)nc2cc(C#N)ccc21. The van der Waals surface area contributed by atoms with Gasteiger partial charge in [0.25, 0.3) is 0 Å². The van der Waals surface area contributed by atoms with Crippen LogP contribution in [0, 0.1) is 11.3 Å². The highest BCUT2D eigenvalue weighted by molar-refractivity contribution is 6.30. The lowest BCUT2D eigenvalue weighted by Crippen LogP contribution is -2.03. The maximum atomic E-state index is 8.93. The topological polar surface area (TPSA) is 50.8 Å². The van der Waals surface area contributed by atoms with Crippen LogP contribution >= 0.6 is 11.6 Å². The van der Waals surface area contributed by atoms with Crippen molar-refractivity contribution in [2.45, 2.75) is 6.61 Å². The molecule has 0 aliphatic carbocycles. The molecule has 0 fully saturated rings. The van der Waals surface area contributed by atoms with Gasteiger partial charge in [-0.15, -0.1) is 0 Å². The summed E-state index contributed by atoms with van der Waals surface area (Å²) in [6, 6.07) is 14.8. The highest BCUT2D eigenvalue weighted by Gasteiger charge is 2.09. The monoisotopic (exact) mass is 297 g/mol. The second-order valence-corrected chi connectivity index (χ2v) is 5.08. The predicted octanol–water partition coefficient (Wildman–Crippen LogP) is 3.68. The zero-order valence-electron chi connectivity index (χ0n) is 11.4. The van der Waals surface area contributed by atoms with E-state index in [4.69, 9.17) is 21.6 Å². The van der Waals surface area contributed by atoms with Crippen LogP contribution in [0.3, 0.4) is 0 Å². The van der Waals surface area contributed by atoms with E-state index in [0.717, 1.165) is 16.9 Å². The summed E-state index contributed by atoms with van der Waals surface area (Å²) < 4.78 is 7.67. The van der Waals surface area contributed by atoms with Crippen LogP contribution in [-0.4, -0.2) is 9.55 Å². The lowest BCUT2D eigenvalue weighted by molar-refractivity contribution is 0.292. The number of hydrogen-bond acceptors (Lipinski definition) is 3. The Hall–Kier alpha value is -2.51. The zero-order valence-corrected chi connectivity index (χ0v) is 12.1. The maximum Gasteiger partial charge on any atom is 0.147 e. The molecule has 0 saturated carbocycles. The smallest absolute Gasteiger partial charge is 0.147 e. The molecular weight excluding hydrogens is 286 g/mol. The Bertz CT molecular complexity index is 848. The van der Waals surface area contributed by atoms with E-state index in [2.05, 4.69) is 11.1 Å². The number of hydrogen-bond donors (Lipinski definition) is 0. The number of fused-ring (bicyclic) bond motifs is 1. The van der Waals surface area contributed by atoms with Crippen molar-refractivity contribution in [3.63, 3.8) is 0 Å². The molecular formula is C16H12ClN3O. The Morgan fingerprint density at radius 1 is 1.29 bits per heavy atom. The number of halogens is 1. The normalized spacial score (nSPS) is 10.5. The molecule has 3 aromatic rings. The Morgan fingerprint density at radius 2 is 2.14 bits per heavy atom. The quantitative estimate of drug-likeness (QED) is 0.741. The minimum atomic E-state index is 0.341. The summed E-state index contributed by atoms with van der Waals surface area (Å²) >= 11 is 5.92. The van der Waals surface area contributed by atoms with Gasteiger partial charge < -0.3 is 9.30 Å². The number of aryl methyl sites for hydroxylation is 1. The second kappa shape index (κ2) is 5.47. The lowest BCUT2D eigenvalue weighted by atomic mass is 10.2. The summed E-state index contributed by atoms with van der Waals surface area (Å²) in [5, 5.41) is 9.56. The first-order chi connectivity index (χ1) is 10.2. The first-order valence-corrected chi connectivity index (χ1v) is 6.79. The second-order valence-electron chi connectivity index (χ2n) is 4.65. The van der Waals surface area contributed by atoms with Crippen molar-refractivity contribution in [2.24, 2.45) is 7.05 Å². The van der Waals surface area contributed by atoms with Crippen molar-refractivity contribution in [1.29, 1.82) is 5.26 Å². The van der Waals surface area contributed by atoms with E-state index in [1.165, 1.54) is 0 Å². The Balaban J connectivity index is 1.87. The third-order valence-electron chi connectivity index (χ3n) is 3.27. The molecule has 1 aromatic heterocycles. The van der Waals surface area contributed by atoms with E-state index in [0.29, 0.717) is 22.9 Å². The fourth-order valence-electron chi connectivity index (χ4n) is 2.15. The van der Waals surface area contributed by atoms with Crippen LogP contribution in [0.5, 0.6) is 5.75 Å². The summed E-state index contributed by atoms with van der Waals surface area (Å²) in [7, 11) is 1.93. The van der Waals surface area contributed by atoms with Crippen molar-refractivity contribution in [3.05, 3.63) is 58.9 Å². The van der Waals surface area contributed by atoms with Gasteiger partial charge in [0.05, 0.1) is 22.7 Å². The average molecular weight is 298 g/mol. The number of nitriles is 1. The Kier molecular flexibility index (Phi) is 3.51. The van der Waals surface area contributed by atoms with Gasteiger partial charge in [-0.2, -0.15) is 5.26 Å². The Labute approximate surface area is 127 Å². The minimum Gasteiger partial charge on any atom is -0.486 e. The van der Waals surface area contributed by atoms with E-state index < -0.39 is 0 Å². The molecule has 0 bridgehead atoms. The summed E-state index contributed by atoms with van der Waals surface area (Å²) in [5.41, 5.74) is 2.36. The number of aromatic nitrogens is 2. The van der Waals surface area contributed by atoms with Crippen molar-refractivity contribution >= 4 is 22.6 Å². The molecule has 0 radical (unpaired) electrons. The molecule has 4 nitrogen and oxygen atoms in total. The molecule has 0 spiro atoms. The van der Waals surface area contributed by atoms with E-state index in [1.807, 2.05) is 29.8 Å². The molecule has 3 rings (SSSR count). The summed E-state index contributed by atoms with van der Waals surface area (Å²) in [5.74, 6) is 1.49. The van der Waals surface area contributed by atoms with E-state index in [9.17, 15) is 0 Å². The molecule has 0 aliphatic rings. The molecule has 2 aromatic carbocycles. The van der Waals surface area contributed by atoms with Crippen LogP contribution in [0.1, 0.15) is 11.4 Å². The number of nitrogens with zero attached hydrogens (tertiary/aromatic N) is 3. The summed E-state index contributed by atoms with van der Waals surface area (Å²) in [4.78, 5) is 4.51. The first kappa shape index (κ1) is 13.5. The lowest BCUT2D eigenvalue weighted by Gasteiger charge is -2.06. The van der Waals surface area contributed by atoms with Gasteiger partial charge in [0, 0.05) is 12.1 Å². The maximum absolute atomic E-state index is 8.93. The van der Waals surface area contributed by atoms with Crippen LogP contribution in [0.4, 0.5) is 0 Å². The fraction of sp³-hybridized carbons (Fsp3) is 0.125.